The number of carbonyl (C=O) groups is 1. The normalized spacial score (nSPS) is 21.8. The van der Waals surface area contributed by atoms with E-state index in [2.05, 4.69) is 21.2 Å². The van der Waals surface area contributed by atoms with Crippen molar-refractivity contribution in [3.05, 3.63) is 47.5 Å². The van der Waals surface area contributed by atoms with Crippen molar-refractivity contribution in [1.82, 2.24) is 20.1 Å². The van der Waals surface area contributed by atoms with E-state index in [0.717, 1.165) is 37.1 Å². The maximum absolute atomic E-state index is 12.9. The number of H-pyrrole nitrogens is 1. The highest BCUT2D eigenvalue weighted by Crippen LogP contribution is 2.39. The molecule has 3 heterocycles. The van der Waals surface area contributed by atoms with Gasteiger partial charge in [0.15, 0.2) is 0 Å². The van der Waals surface area contributed by atoms with E-state index < -0.39 is 0 Å². The van der Waals surface area contributed by atoms with Gasteiger partial charge in [-0.3, -0.25) is 14.9 Å². The summed E-state index contributed by atoms with van der Waals surface area (Å²) in [6.07, 6.45) is 9.26. The number of pyridine rings is 1. The van der Waals surface area contributed by atoms with Crippen molar-refractivity contribution in [3.63, 3.8) is 0 Å². The molecule has 0 aromatic carbocycles. The van der Waals surface area contributed by atoms with E-state index in [9.17, 15) is 4.79 Å². The fraction of sp³-hybridized carbons (Fsp3) is 0.471. The Bertz CT molecular complexity index is 662. The van der Waals surface area contributed by atoms with Crippen LogP contribution in [0.5, 0.6) is 0 Å². The third-order valence-corrected chi connectivity index (χ3v) is 4.67. The number of nitrogens with one attached hydrogen (secondary N) is 1. The molecule has 1 saturated carbocycles. The van der Waals surface area contributed by atoms with Crippen molar-refractivity contribution in [3.8, 4) is 0 Å². The molecule has 1 amide bonds. The van der Waals surface area contributed by atoms with Gasteiger partial charge in [-0.05, 0) is 49.8 Å². The SMILES string of the molecule is O=C(c1cc(C2CC2)[nH]n1)N1CCCC[C@H]1c1cccnc1. The molecule has 22 heavy (non-hydrogen) atoms. The standard InChI is InChI=1S/C17H20N4O/c22-17(15-10-14(19-20-15)12-6-7-12)21-9-2-1-5-16(21)13-4-3-8-18-11-13/h3-4,8,10-12,16H,1-2,5-7,9H2,(H,19,20)/t16-/m0/s1. The van der Waals surface area contributed by atoms with Crippen LogP contribution in [-0.2, 0) is 0 Å². The Morgan fingerprint density at radius 3 is 2.95 bits per heavy atom. The first-order chi connectivity index (χ1) is 10.8. The van der Waals surface area contributed by atoms with Gasteiger partial charge in [-0.2, -0.15) is 5.10 Å². The molecular weight excluding hydrogens is 276 g/mol. The first-order valence-corrected chi connectivity index (χ1v) is 8.09. The molecule has 2 aliphatic rings. The highest BCUT2D eigenvalue weighted by atomic mass is 16.2. The fourth-order valence-corrected chi connectivity index (χ4v) is 3.29. The van der Waals surface area contributed by atoms with Gasteiger partial charge in [-0.1, -0.05) is 6.07 Å². The second-order valence-corrected chi connectivity index (χ2v) is 6.28. The molecule has 1 atom stereocenters. The molecular formula is C17H20N4O. The smallest absolute Gasteiger partial charge is 0.274 e. The molecule has 0 spiro atoms. The number of aromatic amines is 1. The second kappa shape index (κ2) is 5.55. The van der Waals surface area contributed by atoms with Crippen LogP contribution in [0.25, 0.3) is 0 Å². The first kappa shape index (κ1) is 13.5. The van der Waals surface area contributed by atoms with Gasteiger partial charge in [0.05, 0.1) is 6.04 Å². The van der Waals surface area contributed by atoms with Crippen LogP contribution in [0.3, 0.4) is 0 Å². The number of aromatic nitrogens is 3. The average Bonchev–Trinajstić information content (AvgIpc) is 3.32. The van der Waals surface area contributed by atoms with Crippen molar-refractivity contribution in [2.45, 2.75) is 44.1 Å². The Balaban J connectivity index is 1.58. The lowest BCUT2D eigenvalue weighted by molar-refractivity contribution is 0.0605. The maximum atomic E-state index is 12.9. The Kier molecular flexibility index (Phi) is 3.41. The molecule has 1 saturated heterocycles. The van der Waals surface area contributed by atoms with Gasteiger partial charge >= 0.3 is 0 Å². The van der Waals surface area contributed by atoms with E-state index >= 15 is 0 Å². The van der Waals surface area contributed by atoms with Gasteiger partial charge in [0.1, 0.15) is 5.69 Å². The summed E-state index contributed by atoms with van der Waals surface area (Å²) >= 11 is 0. The lowest BCUT2D eigenvalue weighted by atomic mass is 9.96. The summed E-state index contributed by atoms with van der Waals surface area (Å²) in [5.74, 6) is 0.626. The van der Waals surface area contributed by atoms with Crippen molar-refractivity contribution in [2.24, 2.45) is 0 Å². The van der Waals surface area contributed by atoms with Crippen LogP contribution >= 0.6 is 0 Å². The van der Waals surface area contributed by atoms with Gasteiger partial charge in [-0.15, -0.1) is 0 Å². The third kappa shape index (κ3) is 2.51. The zero-order valence-corrected chi connectivity index (χ0v) is 12.5. The Morgan fingerprint density at radius 1 is 1.27 bits per heavy atom. The van der Waals surface area contributed by atoms with E-state index in [1.165, 1.54) is 12.8 Å². The zero-order chi connectivity index (χ0) is 14.9. The van der Waals surface area contributed by atoms with Gasteiger partial charge in [0.25, 0.3) is 5.91 Å². The van der Waals surface area contributed by atoms with Gasteiger partial charge in [0, 0.05) is 30.6 Å². The number of rotatable bonds is 3. The van der Waals surface area contributed by atoms with E-state index in [0.29, 0.717) is 11.6 Å². The second-order valence-electron chi connectivity index (χ2n) is 6.28. The quantitative estimate of drug-likeness (QED) is 0.947. The molecule has 114 valence electrons. The van der Waals surface area contributed by atoms with Crippen molar-refractivity contribution < 1.29 is 4.79 Å². The Labute approximate surface area is 129 Å². The van der Waals surface area contributed by atoms with Crippen molar-refractivity contribution in [1.29, 1.82) is 0 Å². The minimum atomic E-state index is 0.0386. The van der Waals surface area contributed by atoms with Crippen molar-refractivity contribution in [2.75, 3.05) is 6.54 Å². The lowest BCUT2D eigenvalue weighted by Crippen LogP contribution is -2.38. The number of likely N-dealkylation sites (tertiary alicyclic amines) is 1. The number of hydrogen-bond acceptors (Lipinski definition) is 3. The molecule has 2 aromatic rings. The summed E-state index contributed by atoms with van der Waals surface area (Å²) in [5, 5.41) is 7.28. The summed E-state index contributed by atoms with van der Waals surface area (Å²) in [5.41, 5.74) is 2.78. The third-order valence-electron chi connectivity index (χ3n) is 4.67. The molecule has 0 bridgehead atoms. The van der Waals surface area contributed by atoms with E-state index in [4.69, 9.17) is 0 Å². The lowest BCUT2D eigenvalue weighted by Gasteiger charge is -2.35. The van der Waals surface area contributed by atoms with E-state index in [1.54, 1.807) is 6.20 Å². The predicted molar refractivity (Wildman–Crippen MR) is 82.4 cm³/mol. The minimum absolute atomic E-state index is 0.0386. The molecule has 0 radical (unpaired) electrons. The van der Waals surface area contributed by atoms with Crippen LogP contribution in [0.4, 0.5) is 0 Å². The molecule has 1 aliphatic carbocycles. The van der Waals surface area contributed by atoms with Crippen LogP contribution in [0.15, 0.2) is 30.6 Å². The molecule has 2 fully saturated rings. The zero-order valence-electron chi connectivity index (χ0n) is 12.5. The van der Waals surface area contributed by atoms with Gasteiger partial charge in [0.2, 0.25) is 0 Å². The number of amides is 1. The van der Waals surface area contributed by atoms with Crippen LogP contribution in [0, 0.1) is 0 Å². The monoisotopic (exact) mass is 296 g/mol. The predicted octanol–water partition coefficient (Wildman–Crippen LogP) is 3.05. The number of piperidine rings is 1. The molecule has 2 aromatic heterocycles. The van der Waals surface area contributed by atoms with Crippen LogP contribution in [-0.4, -0.2) is 32.5 Å². The average molecular weight is 296 g/mol. The fourth-order valence-electron chi connectivity index (χ4n) is 3.29. The summed E-state index contributed by atoms with van der Waals surface area (Å²) in [7, 11) is 0. The maximum Gasteiger partial charge on any atom is 0.274 e. The summed E-state index contributed by atoms with van der Waals surface area (Å²) in [6.45, 7) is 0.796. The Hall–Kier alpha value is -2.17. The summed E-state index contributed by atoms with van der Waals surface area (Å²) in [4.78, 5) is 19.0. The number of hydrogen-bond donors (Lipinski definition) is 1. The largest absolute Gasteiger partial charge is 0.330 e. The molecule has 5 heteroatoms. The highest BCUT2D eigenvalue weighted by Gasteiger charge is 2.32. The summed E-state index contributed by atoms with van der Waals surface area (Å²) in [6, 6.07) is 6.06. The van der Waals surface area contributed by atoms with Crippen molar-refractivity contribution >= 4 is 5.91 Å². The molecule has 5 nitrogen and oxygen atoms in total. The highest BCUT2D eigenvalue weighted by molar-refractivity contribution is 5.92. The number of nitrogens with zero attached hydrogens (tertiary/aromatic N) is 3. The molecule has 1 aliphatic heterocycles. The van der Waals surface area contributed by atoms with Crippen LogP contribution in [0.1, 0.15) is 65.8 Å². The van der Waals surface area contributed by atoms with Crippen LogP contribution in [0.2, 0.25) is 0 Å². The summed E-state index contributed by atoms with van der Waals surface area (Å²) < 4.78 is 0. The minimum Gasteiger partial charge on any atom is -0.330 e. The van der Waals surface area contributed by atoms with Crippen LogP contribution < -0.4 is 0 Å². The van der Waals surface area contributed by atoms with Gasteiger partial charge < -0.3 is 4.90 Å². The molecule has 0 unspecified atom stereocenters. The molecule has 1 N–H and O–H groups in total. The first-order valence-electron chi connectivity index (χ1n) is 8.09. The van der Waals surface area contributed by atoms with Gasteiger partial charge in [-0.25, -0.2) is 0 Å². The number of carbonyl (C=O) groups excluding carboxylic acids is 1. The van der Waals surface area contributed by atoms with E-state index in [1.807, 2.05) is 23.2 Å². The molecule has 4 rings (SSSR count). The topological polar surface area (TPSA) is 61.9 Å². The Morgan fingerprint density at radius 2 is 2.18 bits per heavy atom. The van der Waals surface area contributed by atoms with E-state index in [-0.39, 0.29) is 11.9 Å².